The van der Waals surface area contributed by atoms with Crippen LogP contribution in [-0.4, -0.2) is 22.9 Å². The Bertz CT molecular complexity index is 593. The van der Waals surface area contributed by atoms with E-state index in [1.807, 2.05) is 0 Å². The van der Waals surface area contributed by atoms with E-state index >= 15 is 0 Å². The lowest BCUT2D eigenvalue weighted by Crippen LogP contribution is -2.30. The van der Waals surface area contributed by atoms with Gasteiger partial charge < -0.3 is 14.6 Å². The Morgan fingerprint density at radius 1 is 1.35 bits per heavy atom. The first-order chi connectivity index (χ1) is 9.56. The largest absolute Gasteiger partial charge is 0.467 e. The lowest BCUT2D eigenvalue weighted by molar-refractivity contribution is -0.384. The smallest absolute Gasteiger partial charge is 0.321 e. The SMILES string of the molecule is CN(Cc1ccco1)C(=O)Nc1ccc([N+](=O)[O-])cc1. The minimum Gasteiger partial charge on any atom is -0.467 e. The molecule has 1 aromatic carbocycles. The van der Waals surface area contributed by atoms with Crippen LogP contribution in [0, 0.1) is 10.1 Å². The Morgan fingerprint density at radius 3 is 2.60 bits per heavy atom. The van der Waals surface area contributed by atoms with Crippen LogP contribution in [-0.2, 0) is 6.54 Å². The standard InChI is InChI=1S/C13H13N3O4/c1-15(9-12-3-2-8-20-12)13(17)14-10-4-6-11(7-5-10)16(18)19/h2-8H,9H2,1H3,(H,14,17). The Labute approximate surface area is 115 Å². The van der Waals surface area contributed by atoms with Crippen molar-refractivity contribution in [3.05, 3.63) is 58.5 Å². The van der Waals surface area contributed by atoms with Crippen LogP contribution in [0.5, 0.6) is 0 Å². The number of hydrogen-bond acceptors (Lipinski definition) is 4. The number of hydrogen-bond donors (Lipinski definition) is 1. The van der Waals surface area contributed by atoms with Gasteiger partial charge in [-0.3, -0.25) is 10.1 Å². The van der Waals surface area contributed by atoms with Gasteiger partial charge >= 0.3 is 6.03 Å². The average Bonchev–Trinajstić information content (AvgIpc) is 2.92. The second kappa shape index (κ2) is 5.87. The van der Waals surface area contributed by atoms with Gasteiger partial charge in [-0.15, -0.1) is 0 Å². The van der Waals surface area contributed by atoms with Crippen molar-refractivity contribution in [2.24, 2.45) is 0 Å². The number of urea groups is 1. The van der Waals surface area contributed by atoms with Crippen LogP contribution in [0.4, 0.5) is 16.2 Å². The highest BCUT2D eigenvalue weighted by molar-refractivity contribution is 5.89. The first kappa shape index (κ1) is 13.6. The zero-order valence-corrected chi connectivity index (χ0v) is 10.8. The van der Waals surface area contributed by atoms with Crippen molar-refractivity contribution in [1.82, 2.24) is 4.90 Å². The molecule has 0 saturated heterocycles. The van der Waals surface area contributed by atoms with Gasteiger partial charge in [-0.2, -0.15) is 0 Å². The second-order valence-electron chi connectivity index (χ2n) is 4.17. The van der Waals surface area contributed by atoms with Crippen molar-refractivity contribution >= 4 is 17.4 Å². The zero-order chi connectivity index (χ0) is 14.5. The molecule has 1 N–H and O–H groups in total. The predicted molar refractivity (Wildman–Crippen MR) is 72.3 cm³/mol. The normalized spacial score (nSPS) is 10.1. The summed E-state index contributed by atoms with van der Waals surface area (Å²) in [6.07, 6.45) is 1.54. The van der Waals surface area contributed by atoms with Crippen LogP contribution in [0.15, 0.2) is 47.1 Å². The molecule has 0 aliphatic rings. The minimum atomic E-state index is -0.491. The lowest BCUT2D eigenvalue weighted by atomic mass is 10.3. The molecule has 0 fully saturated rings. The van der Waals surface area contributed by atoms with Gasteiger partial charge in [0.1, 0.15) is 5.76 Å². The van der Waals surface area contributed by atoms with E-state index in [1.165, 1.54) is 35.4 Å². The van der Waals surface area contributed by atoms with E-state index < -0.39 is 4.92 Å². The molecule has 7 nitrogen and oxygen atoms in total. The summed E-state index contributed by atoms with van der Waals surface area (Å²) in [5.74, 6) is 0.673. The Balaban J connectivity index is 1.95. The van der Waals surface area contributed by atoms with Gasteiger partial charge in [0.15, 0.2) is 0 Å². The molecule has 0 spiro atoms. The molecule has 0 saturated carbocycles. The number of nitrogens with one attached hydrogen (secondary N) is 1. The van der Waals surface area contributed by atoms with Gasteiger partial charge in [-0.05, 0) is 24.3 Å². The number of rotatable bonds is 4. The maximum absolute atomic E-state index is 11.9. The molecule has 7 heteroatoms. The van der Waals surface area contributed by atoms with Crippen LogP contribution in [0.3, 0.4) is 0 Å². The zero-order valence-electron chi connectivity index (χ0n) is 10.8. The lowest BCUT2D eigenvalue weighted by Gasteiger charge is -2.16. The average molecular weight is 275 g/mol. The summed E-state index contributed by atoms with van der Waals surface area (Å²) in [5, 5.41) is 13.2. The number of nitro benzene ring substituents is 1. The van der Waals surface area contributed by atoms with E-state index in [4.69, 9.17) is 4.42 Å². The topological polar surface area (TPSA) is 88.6 Å². The monoisotopic (exact) mass is 275 g/mol. The molecule has 2 rings (SSSR count). The maximum Gasteiger partial charge on any atom is 0.321 e. The van der Waals surface area contributed by atoms with Gasteiger partial charge in [0.25, 0.3) is 5.69 Å². The summed E-state index contributed by atoms with van der Waals surface area (Å²) >= 11 is 0. The van der Waals surface area contributed by atoms with Crippen LogP contribution >= 0.6 is 0 Å². The van der Waals surface area contributed by atoms with Crippen molar-refractivity contribution in [2.75, 3.05) is 12.4 Å². The number of nitro groups is 1. The van der Waals surface area contributed by atoms with Crippen molar-refractivity contribution in [1.29, 1.82) is 0 Å². The first-order valence-electron chi connectivity index (χ1n) is 5.85. The third-order valence-electron chi connectivity index (χ3n) is 2.65. The molecule has 20 heavy (non-hydrogen) atoms. The van der Waals surface area contributed by atoms with E-state index in [0.717, 1.165) is 0 Å². The van der Waals surface area contributed by atoms with Gasteiger partial charge in [0.05, 0.1) is 17.7 Å². The Kier molecular flexibility index (Phi) is 3.99. The maximum atomic E-state index is 11.9. The van der Waals surface area contributed by atoms with Gasteiger partial charge in [-0.1, -0.05) is 0 Å². The van der Waals surface area contributed by atoms with Crippen molar-refractivity contribution < 1.29 is 14.1 Å². The van der Waals surface area contributed by atoms with Crippen molar-refractivity contribution in [2.45, 2.75) is 6.54 Å². The fourth-order valence-electron chi connectivity index (χ4n) is 1.59. The molecule has 2 aromatic rings. The Morgan fingerprint density at radius 2 is 2.05 bits per heavy atom. The molecule has 2 amide bonds. The molecular formula is C13H13N3O4. The number of non-ortho nitro benzene ring substituents is 1. The molecule has 1 heterocycles. The number of anilines is 1. The third-order valence-corrected chi connectivity index (χ3v) is 2.65. The third kappa shape index (κ3) is 3.35. The van der Waals surface area contributed by atoms with Crippen LogP contribution < -0.4 is 5.32 Å². The molecule has 0 aliphatic carbocycles. The highest BCUT2D eigenvalue weighted by Gasteiger charge is 2.11. The molecule has 0 bridgehead atoms. The molecule has 104 valence electrons. The molecule has 0 aliphatic heterocycles. The number of nitrogens with zero attached hydrogens (tertiary/aromatic N) is 2. The Hall–Kier alpha value is -2.83. The van der Waals surface area contributed by atoms with Crippen LogP contribution in [0.2, 0.25) is 0 Å². The van der Waals surface area contributed by atoms with Gasteiger partial charge in [-0.25, -0.2) is 4.79 Å². The quantitative estimate of drug-likeness (QED) is 0.686. The number of carbonyl (C=O) groups excluding carboxylic acids is 1. The first-order valence-corrected chi connectivity index (χ1v) is 5.85. The molecule has 0 radical (unpaired) electrons. The molecule has 0 atom stereocenters. The fraction of sp³-hybridized carbons (Fsp3) is 0.154. The van der Waals surface area contributed by atoms with E-state index in [2.05, 4.69) is 5.32 Å². The summed E-state index contributed by atoms with van der Waals surface area (Å²) in [5.41, 5.74) is 0.471. The molecular weight excluding hydrogens is 262 g/mol. The second-order valence-corrected chi connectivity index (χ2v) is 4.17. The van der Waals surface area contributed by atoms with Crippen LogP contribution in [0.1, 0.15) is 5.76 Å². The summed E-state index contributed by atoms with van der Waals surface area (Å²) in [4.78, 5) is 23.4. The van der Waals surface area contributed by atoms with E-state index in [1.54, 1.807) is 19.2 Å². The summed E-state index contributed by atoms with van der Waals surface area (Å²) < 4.78 is 5.15. The minimum absolute atomic E-state index is 0.0214. The van der Waals surface area contributed by atoms with Gasteiger partial charge in [0, 0.05) is 24.9 Å². The fourth-order valence-corrected chi connectivity index (χ4v) is 1.59. The predicted octanol–water partition coefficient (Wildman–Crippen LogP) is 2.85. The highest BCUT2D eigenvalue weighted by Crippen LogP contribution is 2.16. The highest BCUT2D eigenvalue weighted by atomic mass is 16.6. The number of amides is 2. The molecule has 0 unspecified atom stereocenters. The van der Waals surface area contributed by atoms with E-state index in [0.29, 0.717) is 18.0 Å². The van der Waals surface area contributed by atoms with Crippen molar-refractivity contribution in [3.63, 3.8) is 0 Å². The van der Waals surface area contributed by atoms with Gasteiger partial charge in [0.2, 0.25) is 0 Å². The molecule has 1 aromatic heterocycles. The summed E-state index contributed by atoms with van der Waals surface area (Å²) in [6, 6.07) is 8.83. The summed E-state index contributed by atoms with van der Waals surface area (Å²) in [7, 11) is 1.63. The number of benzene rings is 1. The summed E-state index contributed by atoms with van der Waals surface area (Å²) in [6.45, 7) is 0.339. The number of furan rings is 1. The van der Waals surface area contributed by atoms with Crippen molar-refractivity contribution in [3.8, 4) is 0 Å². The van der Waals surface area contributed by atoms with E-state index in [9.17, 15) is 14.9 Å². The van der Waals surface area contributed by atoms with Crippen LogP contribution in [0.25, 0.3) is 0 Å². The van der Waals surface area contributed by atoms with E-state index in [-0.39, 0.29) is 11.7 Å². The number of carbonyl (C=O) groups is 1.